The summed E-state index contributed by atoms with van der Waals surface area (Å²) in [6, 6.07) is 0. The van der Waals surface area contributed by atoms with Crippen LogP contribution in [0.25, 0.3) is 0 Å². The van der Waals surface area contributed by atoms with Gasteiger partial charge in [0.25, 0.3) is 0 Å². The minimum Gasteiger partial charge on any atom is -0.462 e. The van der Waals surface area contributed by atoms with Crippen LogP contribution in [0, 0.1) is 17.3 Å². The van der Waals surface area contributed by atoms with Gasteiger partial charge >= 0.3 is 5.97 Å². The van der Waals surface area contributed by atoms with E-state index in [1.165, 1.54) is 12.8 Å². The van der Waals surface area contributed by atoms with Crippen molar-refractivity contribution in [2.24, 2.45) is 17.3 Å². The number of esters is 1. The number of carbonyl (C=O) groups excluding carboxylic acids is 1. The highest BCUT2D eigenvalue weighted by atomic mass is 16.6. The van der Waals surface area contributed by atoms with Crippen LogP contribution in [0.5, 0.6) is 0 Å². The van der Waals surface area contributed by atoms with Crippen molar-refractivity contribution >= 4 is 5.97 Å². The molecular weight excluding hydrogens is 140 g/mol. The molecule has 0 radical (unpaired) electrons. The van der Waals surface area contributed by atoms with Crippen molar-refractivity contribution < 1.29 is 9.53 Å². The molecule has 0 aromatic rings. The molecule has 60 valence electrons. The van der Waals surface area contributed by atoms with Gasteiger partial charge in [-0.2, -0.15) is 0 Å². The molecule has 3 rings (SSSR count). The molecule has 2 bridgehead atoms. The van der Waals surface area contributed by atoms with Gasteiger partial charge < -0.3 is 4.74 Å². The van der Waals surface area contributed by atoms with Crippen molar-refractivity contribution in [2.75, 3.05) is 0 Å². The zero-order valence-electron chi connectivity index (χ0n) is 6.67. The van der Waals surface area contributed by atoms with E-state index in [9.17, 15) is 4.79 Å². The second kappa shape index (κ2) is 1.47. The fraction of sp³-hybridized carbons (Fsp3) is 0.889. The Morgan fingerprint density at radius 2 is 2.36 bits per heavy atom. The summed E-state index contributed by atoms with van der Waals surface area (Å²) in [5.41, 5.74) is 0.250. The van der Waals surface area contributed by atoms with E-state index in [1.54, 1.807) is 0 Å². The average Bonchev–Trinajstić information content (AvgIpc) is 2.07. The molecule has 1 aliphatic heterocycles. The lowest BCUT2D eigenvalue weighted by atomic mass is 9.48. The molecule has 2 heteroatoms. The summed E-state index contributed by atoms with van der Waals surface area (Å²) in [6.45, 7) is 2.21. The quantitative estimate of drug-likeness (QED) is 0.490. The second-order valence-corrected chi connectivity index (χ2v) is 4.45. The topological polar surface area (TPSA) is 26.3 Å². The zero-order chi connectivity index (χ0) is 7.64. The lowest BCUT2D eigenvalue weighted by Crippen LogP contribution is -2.53. The van der Waals surface area contributed by atoms with Crippen LogP contribution >= 0.6 is 0 Å². The fourth-order valence-corrected chi connectivity index (χ4v) is 3.35. The van der Waals surface area contributed by atoms with Crippen LogP contribution < -0.4 is 0 Å². The molecule has 0 amide bonds. The molecule has 1 saturated heterocycles. The van der Waals surface area contributed by atoms with E-state index in [-0.39, 0.29) is 23.4 Å². The monoisotopic (exact) mass is 152 g/mol. The Morgan fingerprint density at radius 3 is 3.00 bits per heavy atom. The van der Waals surface area contributed by atoms with Gasteiger partial charge in [0.05, 0.1) is 5.92 Å². The maximum Gasteiger partial charge on any atom is 0.310 e. The predicted octanol–water partition coefficient (Wildman–Crippen LogP) is 1.35. The molecule has 2 nitrogen and oxygen atoms in total. The highest BCUT2D eigenvalue weighted by Gasteiger charge is 2.67. The zero-order valence-corrected chi connectivity index (χ0v) is 6.67. The molecule has 3 aliphatic rings. The van der Waals surface area contributed by atoms with Gasteiger partial charge in [-0.05, 0) is 25.2 Å². The van der Waals surface area contributed by atoms with Crippen LogP contribution in [-0.2, 0) is 9.53 Å². The van der Waals surface area contributed by atoms with E-state index in [4.69, 9.17) is 4.74 Å². The van der Waals surface area contributed by atoms with E-state index >= 15 is 0 Å². The van der Waals surface area contributed by atoms with Gasteiger partial charge in [-0.25, -0.2) is 0 Å². The summed E-state index contributed by atoms with van der Waals surface area (Å²) < 4.78 is 5.30. The number of ether oxygens (including phenoxy) is 1. The highest BCUT2D eigenvalue weighted by Crippen LogP contribution is 2.64. The largest absolute Gasteiger partial charge is 0.462 e. The SMILES string of the molecule is C[C@@]12C[C@H]3CC[C@@H]1OC(=O)[C@H]32. The lowest BCUT2D eigenvalue weighted by molar-refractivity contribution is -0.144. The summed E-state index contributed by atoms with van der Waals surface area (Å²) in [4.78, 5) is 11.3. The van der Waals surface area contributed by atoms with Crippen molar-refractivity contribution in [3.63, 3.8) is 0 Å². The Hall–Kier alpha value is -0.530. The first-order valence-corrected chi connectivity index (χ1v) is 4.42. The summed E-state index contributed by atoms with van der Waals surface area (Å²) in [5, 5.41) is 0. The first-order valence-electron chi connectivity index (χ1n) is 4.42. The third kappa shape index (κ3) is 0.472. The van der Waals surface area contributed by atoms with Crippen LogP contribution in [0.3, 0.4) is 0 Å². The third-order valence-electron chi connectivity index (χ3n) is 3.93. The number of hydrogen-bond donors (Lipinski definition) is 0. The maximum absolute atomic E-state index is 11.3. The first kappa shape index (κ1) is 6.04. The molecule has 4 atom stereocenters. The van der Waals surface area contributed by atoms with Crippen LogP contribution in [0.2, 0.25) is 0 Å². The second-order valence-electron chi connectivity index (χ2n) is 4.45. The van der Waals surface area contributed by atoms with E-state index in [0.717, 1.165) is 6.42 Å². The van der Waals surface area contributed by atoms with Crippen molar-refractivity contribution in [1.82, 2.24) is 0 Å². The highest BCUT2D eigenvalue weighted by molar-refractivity contribution is 5.78. The Balaban J connectivity index is 2.07. The maximum atomic E-state index is 11.3. The molecule has 0 aromatic heterocycles. The fourth-order valence-electron chi connectivity index (χ4n) is 3.35. The van der Waals surface area contributed by atoms with Gasteiger partial charge in [0.15, 0.2) is 0 Å². The van der Waals surface area contributed by atoms with Crippen molar-refractivity contribution in [1.29, 1.82) is 0 Å². The van der Waals surface area contributed by atoms with E-state index < -0.39 is 0 Å². The average molecular weight is 152 g/mol. The van der Waals surface area contributed by atoms with Gasteiger partial charge in [0, 0.05) is 5.41 Å². The molecule has 11 heavy (non-hydrogen) atoms. The van der Waals surface area contributed by atoms with E-state index in [0.29, 0.717) is 5.92 Å². The van der Waals surface area contributed by atoms with E-state index in [1.807, 2.05) is 0 Å². The van der Waals surface area contributed by atoms with Crippen molar-refractivity contribution in [2.45, 2.75) is 32.3 Å². The molecule has 0 N–H and O–H groups in total. The Morgan fingerprint density at radius 1 is 1.55 bits per heavy atom. The number of rotatable bonds is 0. The third-order valence-corrected chi connectivity index (χ3v) is 3.93. The lowest BCUT2D eigenvalue weighted by Gasteiger charge is -2.52. The van der Waals surface area contributed by atoms with Gasteiger partial charge in [-0.3, -0.25) is 4.79 Å². The standard InChI is InChI=1S/C9H12O2/c1-9-4-5-2-3-6(9)11-8(10)7(5)9/h5-7H,2-4H2,1H3/t5-,6+,7+,9-/m1/s1. The molecule has 3 fully saturated rings. The van der Waals surface area contributed by atoms with Crippen LogP contribution in [-0.4, -0.2) is 12.1 Å². The normalized spacial score (nSPS) is 58.6. The molecule has 1 heterocycles. The van der Waals surface area contributed by atoms with Crippen molar-refractivity contribution in [3.05, 3.63) is 0 Å². The van der Waals surface area contributed by atoms with Crippen LogP contribution in [0.1, 0.15) is 26.2 Å². The van der Waals surface area contributed by atoms with Crippen molar-refractivity contribution in [3.8, 4) is 0 Å². The minimum atomic E-state index is 0.0891. The summed E-state index contributed by atoms with van der Waals surface area (Å²) in [7, 11) is 0. The molecule has 0 spiro atoms. The molecule has 0 aromatic carbocycles. The summed E-state index contributed by atoms with van der Waals surface area (Å²) in [5.74, 6) is 1.04. The molecule has 0 unspecified atom stereocenters. The predicted molar refractivity (Wildman–Crippen MR) is 38.8 cm³/mol. The number of carbonyl (C=O) groups is 1. The molecule has 2 aliphatic carbocycles. The van der Waals surface area contributed by atoms with Crippen LogP contribution in [0.4, 0.5) is 0 Å². The number of fused-ring (bicyclic) bond motifs is 2. The van der Waals surface area contributed by atoms with Gasteiger partial charge in [0.1, 0.15) is 6.10 Å². The summed E-state index contributed by atoms with van der Waals surface area (Å²) >= 11 is 0. The number of hydrogen-bond acceptors (Lipinski definition) is 2. The Bertz CT molecular complexity index is 236. The smallest absolute Gasteiger partial charge is 0.310 e. The van der Waals surface area contributed by atoms with Crippen LogP contribution in [0.15, 0.2) is 0 Å². The van der Waals surface area contributed by atoms with Gasteiger partial charge in [-0.15, -0.1) is 0 Å². The minimum absolute atomic E-state index is 0.0891. The molecule has 2 saturated carbocycles. The van der Waals surface area contributed by atoms with Gasteiger partial charge in [0.2, 0.25) is 0 Å². The van der Waals surface area contributed by atoms with Gasteiger partial charge in [-0.1, -0.05) is 6.92 Å². The Labute approximate surface area is 65.9 Å². The van der Waals surface area contributed by atoms with E-state index in [2.05, 4.69) is 6.92 Å². The Kier molecular flexibility index (Phi) is 0.809. The summed E-state index contributed by atoms with van der Waals surface area (Å²) in [6.07, 6.45) is 3.83. The molecular formula is C9H12O2. The first-order chi connectivity index (χ1) is 5.22.